The van der Waals surface area contributed by atoms with Crippen LogP contribution in [-0.2, 0) is 6.42 Å². The fraction of sp³-hybridized carbons (Fsp3) is 0.214. The van der Waals surface area contributed by atoms with Crippen molar-refractivity contribution < 1.29 is 0 Å². The van der Waals surface area contributed by atoms with Gasteiger partial charge in [-0.15, -0.1) is 0 Å². The normalized spacial score (nSPS) is 18.6. The van der Waals surface area contributed by atoms with Crippen LogP contribution in [0.25, 0.3) is 0 Å². The molecule has 1 aromatic rings. The third-order valence-corrected chi connectivity index (χ3v) is 2.73. The van der Waals surface area contributed by atoms with E-state index >= 15 is 0 Å². The van der Waals surface area contributed by atoms with E-state index in [1.54, 1.807) is 0 Å². The molecule has 0 spiro atoms. The predicted molar refractivity (Wildman–Crippen MR) is 61.1 cm³/mol. The Kier molecular flexibility index (Phi) is 2.99. The molecule has 0 radical (unpaired) electrons. The molecule has 1 aromatic carbocycles. The molecule has 1 aliphatic carbocycles. The maximum absolute atomic E-state index is 8.88. The SMILES string of the molecule is N#CC1=CC=CC1CCc1ccccc1. The van der Waals surface area contributed by atoms with Gasteiger partial charge in [0.25, 0.3) is 0 Å². The molecule has 0 aliphatic heterocycles. The second-order valence-electron chi connectivity index (χ2n) is 3.75. The van der Waals surface area contributed by atoms with Gasteiger partial charge in [-0.25, -0.2) is 0 Å². The summed E-state index contributed by atoms with van der Waals surface area (Å²) >= 11 is 0. The highest BCUT2D eigenvalue weighted by atomic mass is 14.3. The Balaban J connectivity index is 1.93. The molecular weight excluding hydrogens is 182 g/mol. The Labute approximate surface area is 90.4 Å². The zero-order valence-corrected chi connectivity index (χ0v) is 8.56. The first-order valence-electron chi connectivity index (χ1n) is 5.22. The van der Waals surface area contributed by atoms with Crippen molar-refractivity contribution in [3.63, 3.8) is 0 Å². The fourth-order valence-electron chi connectivity index (χ4n) is 1.86. The van der Waals surface area contributed by atoms with Gasteiger partial charge in [-0.1, -0.05) is 42.5 Å². The van der Waals surface area contributed by atoms with E-state index in [1.807, 2.05) is 18.2 Å². The van der Waals surface area contributed by atoms with Crippen LogP contribution >= 0.6 is 0 Å². The average molecular weight is 195 g/mol. The zero-order valence-electron chi connectivity index (χ0n) is 8.56. The summed E-state index contributed by atoms with van der Waals surface area (Å²) < 4.78 is 0. The van der Waals surface area contributed by atoms with Gasteiger partial charge in [-0.3, -0.25) is 0 Å². The first kappa shape index (κ1) is 9.73. The predicted octanol–water partition coefficient (Wildman–Crippen LogP) is 3.26. The highest BCUT2D eigenvalue weighted by molar-refractivity contribution is 5.37. The van der Waals surface area contributed by atoms with E-state index in [0.29, 0.717) is 5.92 Å². The van der Waals surface area contributed by atoms with Crippen LogP contribution in [0.1, 0.15) is 12.0 Å². The lowest BCUT2D eigenvalue weighted by atomic mass is 9.95. The molecular formula is C14H13N. The monoisotopic (exact) mass is 195 g/mol. The Morgan fingerprint density at radius 1 is 1.20 bits per heavy atom. The number of rotatable bonds is 3. The van der Waals surface area contributed by atoms with Crippen molar-refractivity contribution in [1.29, 1.82) is 5.26 Å². The molecule has 0 saturated carbocycles. The van der Waals surface area contributed by atoms with Gasteiger partial charge in [0.1, 0.15) is 0 Å². The van der Waals surface area contributed by atoms with E-state index in [-0.39, 0.29) is 0 Å². The van der Waals surface area contributed by atoms with Crippen LogP contribution in [0.2, 0.25) is 0 Å². The standard InChI is InChI=1S/C14H13N/c15-11-14-8-4-7-13(14)10-9-12-5-2-1-3-6-12/h1-8,13H,9-10H2. The number of hydrogen-bond acceptors (Lipinski definition) is 1. The molecule has 1 nitrogen and oxygen atoms in total. The molecule has 0 saturated heterocycles. The molecule has 1 atom stereocenters. The van der Waals surface area contributed by atoms with Crippen molar-refractivity contribution >= 4 is 0 Å². The minimum atomic E-state index is 0.329. The highest BCUT2D eigenvalue weighted by Crippen LogP contribution is 2.23. The summed E-state index contributed by atoms with van der Waals surface area (Å²) in [6.07, 6.45) is 8.07. The fourth-order valence-corrected chi connectivity index (χ4v) is 1.86. The maximum atomic E-state index is 8.88. The van der Waals surface area contributed by atoms with Crippen LogP contribution in [0, 0.1) is 17.2 Å². The van der Waals surface area contributed by atoms with Crippen molar-refractivity contribution in [3.05, 3.63) is 59.7 Å². The summed E-state index contributed by atoms with van der Waals surface area (Å²) in [4.78, 5) is 0. The Morgan fingerprint density at radius 3 is 2.73 bits per heavy atom. The maximum Gasteiger partial charge on any atom is 0.0953 e. The van der Waals surface area contributed by atoms with E-state index in [4.69, 9.17) is 5.26 Å². The molecule has 0 amide bonds. The number of benzene rings is 1. The van der Waals surface area contributed by atoms with Gasteiger partial charge < -0.3 is 0 Å². The zero-order chi connectivity index (χ0) is 10.5. The Hall–Kier alpha value is -1.81. The number of nitrogens with zero attached hydrogens (tertiary/aromatic N) is 1. The van der Waals surface area contributed by atoms with Gasteiger partial charge in [0, 0.05) is 11.5 Å². The Morgan fingerprint density at radius 2 is 2.00 bits per heavy atom. The van der Waals surface area contributed by atoms with Crippen LogP contribution in [0.3, 0.4) is 0 Å². The van der Waals surface area contributed by atoms with Crippen molar-refractivity contribution in [3.8, 4) is 6.07 Å². The second-order valence-corrected chi connectivity index (χ2v) is 3.75. The Bertz CT molecular complexity index is 420. The molecule has 0 bridgehead atoms. The highest BCUT2D eigenvalue weighted by Gasteiger charge is 2.13. The summed E-state index contributed by atoms with van der Waals surface area (Å²) in [5.74, 6) is 0.329. The van der Waals surface area contributed by atoms with Gasteiger partial charge >= 0.3 is 0 Å². The lowest BCUT2D eigenvalue weighted by Crippen LogP contribution is -1.98. The average Bonchev–Trinajstić information content (AvgIpc) is 2.75. The number of nitriles is 1. The number of hydrogen-bond donors (Lipinski definition) is 0. The number of allylic oxidation sites excluding steroid dienone is 4. The molecule has 0 N–H and O–H groups in total. The van der Waals surface area contributed by atoms with E-state index < -0.39 is 0 Å². The molecule has 15 heavy (non-hydrogen) atoms. The van der Waals surface area contributed by atoms with E-state index in [0.717, 1.165) is 18.4 Å². The molecule has 0 aromatic heterocycles. The van der Waals surface area contributed by atoms with E-state index in [9.17, 15) is 0 Å². The van der Waals surface area contributed by atoms with E-state index in [2.05, 4.69) is 36.4 Å². The minimum Gasteiger partial charge on any atom is -0.193 e. The van der Waals surface area contributed by atoms with Gasteiger partial charge in [0.15, 0.2) is 0 Å². The van der Waals surface area contributed by atoms with Crippen LogP contribution in [0.15, 0.2) is 54.1 Å². The number of aryl methyl sites for hydroxylation is 1. The smallest absolute Gasteiger partial charge is 0.0953 e. The molecule has 0 heterocycles. The molecule has 1 aliphatic rings. The summed E-state index contributed by atoms with van der Waals surface area (Å²) in [7, 11) is 0. The molecule has 74 valence electrons. The van der Waals surface area contributed by atoms with Crippen molar-refractivity contribution in [2.45, 2.75) is 12.8 Å². The lowest BCUT2D eigenvalue weighted by Gasteiger charge is -2.07. The first-order chi connectivity index (χ1) is 7.40. The van der Waals surface area contributed by atoms with Crippen molar-refractivity contribution in [2.24, 2.45) is 5.92 Å². The van der Waals surface area contributed by atoms with Gasteiger partial charge in [0.2, 0.25) is 0 Å². The van der Waals surface area contributed by atoms with Crippen LogP contribution in [0.4, 0.5) is 0 Å². The summed E-state index contributed by atoms with van der Waals surface area (Å²) in [5.41, 5.74) is 2.24. The van der Waals surface area contributed by atoms with E-state index in [1.165, 1.54) is 5.56 Å². The molecule has 1 heteroatoms. The third kappa shape index (κ3) is 2.35. The van der Waals surface area contributed by atoms with Gasteiger partial charge in [-0.05, 0) is 24.5 Å². The largest absolute Gasteiger partial charge is 0.193 e. The molecule has 2 rings (SSSR count). The summed E-state index contributed by atoms with van der Waals surface area (Å²) in [6.45, 7) is 0. The molecule has 1 unspecified atom stereocenters. The third-order valence-electron chi connectivity index (χ3n) is 2.73. The lowest BCUT2D eigenvalue weighted by molar-refractivity contribution is 0.696. The van der Waals surface area contributed by atoms with Crippen LogP contribution < -0.4 is 0 Å². The van der Waals surface area contributed by atoms with Gasteiger partial charge in [0.05, 0.1) is 6.07 Å². The summed E-state index contributed by atoms with van der Waals surface area (Å²) in [6, 6.07) is 12.7. The molecule has 0 fully saturated rings. The van der Waals surface area contributed by atoms with Crippen LogP contribution in [0.5, 0.6) is 0 Å². The quantitative estimate of drug-likeness (QED) is 0.726. The summed E-state index contributed by atoms with van der Waals surface area (Å²) in [5, 5.41) is 8.88. The first-order valence-corrected chi connectivity index (χ1v) is 5.22. The van der Waals surface area contributed by atoms with Crippen molar-refractivity contribution in [2.75, 3.05) is 0 Å². The topological polar surface area (TPSA) is 23.8 Å². The van der Waals surface area contributed by atoms with Crippen molar-refractivity contribution in [1.82, 2.24) is 0 Å². The van der Waals surface area contributed by atoms with Gasteiger partial charge in [-0.2, -0.15) is 5.26 Å². The van der Waals surface area contributed by atoms with Crippen LogP contribution in [-0.4, -0.2) is 0 Å². The minimum absolute atomic E-state index is 0.329. The second kappa shape index (κ2) is 4.61.